The lowest BCUT2D eigenvalue weighted by Gasteiger charge is -2.11. The van der Waals surface area contributed by atoms with E-state index in [0.29, 0.717) is 6.61 Å². The number of ether oxygens (including phenoxy) is 2. The molecule has 1 N–H and O–H groups in total. The molecule has 2 aliphatic rings. The topological polar surface area (TPSA) is 82.1 Å². The molecule has 0 aromatic rings. The van der Waals surface area contributed by atoms with E-state index in [4.69, 9.17) is 9.84 Å². The largest absolute Gasteiger partial charge is 0.523 e. The molecule has 2 saturated heterocycles. The van der Waals surface area contributed by atoms with Gasteiger partial charge in [0.15, 0.2) is 0 Å². The molecule has 114 valence electrons. The van der Waals surface area contributed by atoms with E-state index in [1.54, 1.807) is 0 Å². The van der Waals surface area contributed by atoms with Gasteiger partial charge in [0.05, 0.1) is 19.3 Å². The van der Waals surface area contributed by atoms with Crippen molar-refractivity contribution >= 4 is 10.1 Å². The number of alkyl halides is 3. The Morgan fingerprint density at radius 1 is 1.11 bits per heavy atom. The Kier molecular flexibility index (Phi) is 5.99. The van der Waals surface area contributed by atoms with Gasteiger partial charge in [0.2, 0.25) is 0 Å². The minimum absolute atomic E-state index is 0.116. The highest BCUT2D eigenvalue weighted by Gasteiger charge is 2.48. The van der Waals surface area contributed by atoms with Crippen LogP contribution < -0.4 is 0 Å². The Bertz CT molecular complexity index is 357. The standard InChI is InChI=1S/C5H7F3O4S.C4H8O2/c6-5(7,8)13(9,10)12-4-1-2-11-3-4;5-4-1-2-6-3-4/h4H,1-3H2;4-5H,1-3H2. The number of hydrogen-bond donors (Lipinski definition) is 1. The number of halogens is 3. The molecule has 2 rings (SSSR count). The van der Waals surface area contributed by atoms with E-state index in [2.05, 4.69) is 8.92 Å². The fourth-order valence-electron chi connectivity index (χ4n) is 1.34. The van der Waals surface area contributed by atoms with Crippen LogP contribution >= 0.6 is 0 Å². The summed E-state index contributed by atoms with van der Waals surface area (Å²) in [6.45, 7) is 1.38. The average molecular weight is 308 g/mol. The summed E-state index contributed by atoms with van der Waals surface area (Å²) in [5, 5.41) is 8.60. The summed E-state index contributed by atoms with van der Waals surface area (Å²) in [5.74, 6) is 0. The Morgan fingerprint density at radius 2 is 1.68 bits per heavy atom. The average Bonchev–Trinajstić information content (AvgIpc) is 2.90. The van der Waals surface area contributed by atoms with Crippen LogP contribution in [0.2, 0.25) is 0 Å². The molecule has 2 fully saturated rings. The molecular formula is C9H15F3O6S. The smallest absolute Gasteiger partial charge is 0.391 e. The molecule has 2 aliphatic heterocycles. The van der Waals surface area contributed by atoms with E-state index in [1.165, 1.54) is 0 Å². The van der Waals surface area contributed by atoms with E-state index < -0.39 is 21.7 Å². The molecule has 0 aromatic heterocycles. The van der Waals surface area contributed by atoms with Crippen LogP contribution in [0.25, 0.3) is 0 Å². The zero-order valence-electron chi connectivity index (χ0n) is 9.93. The van der Waals surface area contributed by atoms with Crippen molar-refractivity contribution in [1.82, 2.24) is 0 Å². The quantitative estimate of drug-likeness (QED) is 0.588. The summed E-state index contributed by atoms with van der Waals surface area (Å²) < 4.78 is 69.4. The first-order valence-electron chi connectivity index (χ1n) is 5.55. The first kappa shape index (κ1) is 16.6. The molecular weight excluding hydrogens is 293 g/mol. The third-order valence-electron chi connectivity index (χ3n) is 2.34. The van der Waals surface area contributed by atoms with Gasteiger partial charge in [-0.1, -0.05) is 0 Å². The van der Waals surface area contributed by atoms with Gasteiger partial charge >= 0.3 is 15.6 Å². The fraction of sp³-hybridized carbons (Fsp3) is 1.00. The van der Waals surface area contributed by atoms with Crippen LogP contribution in [0.15, 0.2) is 0 Å². The second kappa shape index (κ2) is 6.84. The highest BCUT2D eigenvalue weighted by Crippen LogP contribution is 2.27. The molecule has 2 atom stereocenters. The molecule has 6 nitrogen and oxygen atoms in total. The summed E-state index contributed by atoms with van der Waals surface area (Å²) >= 11 is 0. The molecule has 19 heavy (non-hydrogen) atoms. The third kappa shape index (κ3) is 5.61. The number of aliphatic hydroxyl groups excluding tert-OH is 1. The van der Waals surface area contributed by atoms with Gasteiger partial charge in [0.25, 0.3) is 0 Å². The van der Waals surface area contributed by atoms with Gasteiger partial charge in [-0.25, -0.2) is 0 Å². The van der Waals surface area contributed by atoms with Gasteiger partial charge in [-0.3, -0.25) is 4.18 Å². The zero-order chi connectivity index (χ0) is 14.5. The second-order valence-electron chi connectivity index (χ2n) is 4.00. The normalized spacial score (nSPS) is 28.0. The summed E-state index contributed by atoms with van der Waals surface area (Å²) in [7, 11) is -5.46. The zero-order valence-corrected chi connectivity index (χ0v) is 10.7. The lowest BCUT2D eigenvalue weighted by Crippen LogP contribution is -2.30. The van der Waals surface area contributed by atoms with Crippen LogP contribution in [0.4, 0.5) is 13.2 Å². The molecule has 0 saturated carbocycles. The number of aliphatic hydroxyl groups is 1. The predicted molar refractivity (Wildman–Crippen MR) is 56.7 cm³/mol. The Balaban J connectivity index is 0.000000250. The second-order valence-corrected chi connectivity index (χ2v) is 5.56. The minimum atomic E-state index is -5.46. The van der Waals surface area contributed by atoms with Crippen molar-refractivity contribution in [3.8, 4) is 0 Å². The van der Waals surface area contributed by atoms with Gasteiger partial charge in [0.1, 0.15) is 6.10 Å². The van der Waals surface area contributed by atoms with E-state index in [1.807, 2.05) is 0 Å². The van der Waals surface area contributed by atoms with E-state index in [-0.39, 0.29) is 25.7 Å². The molecule has 0 amide bonds. The third-order valence-corrected chi connectivity index (χ3v) is 3.43. The van der Waals surface area contributed by atoms with Crippen LogP contribution in [-0.4, -0.2) is 57.7 Å². The molecule has 10 heteroatoms. The highest BCUT2D eigenvalue weighted by atomic mass is 32.2. The van der Waals surface area contributed by atoms with Gasteiger partial charge in [-0.15, -0.1) is 0 Å². The molecule has 2 unspecified atom stereocenters. The number of rotatable bonds is 2. The summed E-state index contributed by atoms with van der Waals surface area (Å²) in [4.78, 5) is 0. The van der Waals surface area contributed by atoms with Crippen molar-refractivity contribution in [3.05, 3.63) is 0 Å². The van der Waals surface area contributed by atoms with Gasteiger partial charge < -0.3 is 14.6 Å². The summed E-state index contributed by atoms with van der Waals surface area (Å²) in [6.07, 6.45) is -0.202. The lowest BCUT2D eigenvalue weighted by atomic mass is 10.3. The fourth-order valence-corrected chi connectivity index (χ4v) is 1.96. The van der Waals surface area contributed by atoms with Crippen LogP contribution in [0.5, 0.6) is 0 Å². The molecule has 2 heterocycles. The monoisotopic (exact) mass is 308 g/mol. The predicted octanol–water partition coefficient (Wildman–Crippen LogP) is 0.409. The van der Waals surface area contributed by atoms with E-state index >= 15 is 0 Å². The summed E-state index contributed by atoms with van der Waals surface area (Å²) in [6, 6.07) is 0. The maximum absolute atomic E-state index is 11.7. The molecule has 0 radical (unpaired) electrons. The maximum atomic E-state index is 11.7. The summed E-state index contributed by atoms with van der Waals surface area (Å²) in [5.41, 5.74) is -5.35. The van der Waals surface area contributed by atoms with Crippen molar-refractivity contribution in [2.24, 2.45) is 0 Å². The Labute approximate surface area is 108 Å². The highest BCUT2D eigenvalue weighted by molar-refractivity contribution is 7.87. The minimum Gasteiger partial charge on any atom is -0.391 e. The van der Waals surface area contributed by atoms with Crippen molar-refractivity contribution in [3.63, 3.8) is 0 Å². The first-order valence-corrected chi connectivity index (χ1v) is 6.96. The molecule has 0 bridgehead atoms. The Hall–Kier alpha value is -0.420. The molecule has 0 aliphatic carbocycles. The lowest BCUT2D eigenvalue weighted by molar-refractivity contribution is -0.0574. The van der Waals surface area contributed by atoms with E-state index in [9.17, 15) is 21.6 Å². The maximum Gasteiger partial charge on any atom is 0.523 e. The van der Waals surface area contributed by atoms with Gasteiger partial charge in [-0.2, -0.15) is 21.6 Å². The van der Waals surface area contributed by atoms with Crippen LogP contribution in [0.3, 0.4) is 0 Å². The van der Waals surface area contributed by atoms with Crippen molar-refractivity contribution in [2.45, 2.75) is 30.6 Å². The number of hydrogen-bond acceptors (Lipinski definition) is 6. The van der Waals surface area contributed by atoms with E-state index in [0.717, 1.165) is 13.0 Å². The van der Waals surface area contributed by atoms with Crippen molar-refractivity contribution in [2.75, 3.05) is 26.4 Å². The van der Waals surface area contributed by atoms with Crippen molar-refractivity contribution in [1.29, 1.82) is 0 Å². The molecule has 0 spiro atoms. The van der Waals surface area contributed by atoms with Crippen LogP contribution in [-0.2, 0) is 23.8 Å². The molecule has 0 aromatic carbocycles. The van der Waals surface area contributed by atoms with Crippen LogP contribution in [0, 0.1) is 0 Å². The van der Waals surface area contributed by atoms with Crippen molar-refractivity contribution < 1.29 is 40.4 Å². The Morgan fingerprint density at radius 3 is 2.00 bits per heavy atom. The van der Waals surface area contributed by atoms with Crippen LogP contribution in [0.1, 0.15) is 12.8 Å². The first-order chi connectivity index (χ1) is 8.72. The van der Waals surface area contributed by atoms with Gasteiger partial charge in [0, 0.05) is 19.6 Å². The SMILES string of the molecule is O=S(=O)(OC1CCOC1)C(F)(F)F.OC1CCOC1. The van der Waals surface area contributed by atoms with Gasteiger partial charge in [-0.05, 0) is 6.42 Å².